The second-order valence-electron chi connectivity index (χ2n) is 5.08. The van der Waals surface area contributed by atoms with Gasteiger partial charge in [0.2, 0.25) is 0 Å². The van der Waals surface area contributed by atoms with E-state index in [0.717, 1.165) is 11.1 Å². The topological polar surface area (TPSA) is 90.5 Å². The Labute approximate surface area is 133 Å². The van der Waals surface area contributed by atoms with Gasteiger partial charge in [-0.15, -0.1) is 5.10 Å². The van der Waals surface area contributed by atoms with Gasteiger partial charge in [0.25, 0.3) is 5.91 Å². The number of nitrogens with zero attached hydrogens (tertiary/aromatic N) is 6. The van der Waals surface area contributed by atoms with E-state index in [0.29, 0.717) is 12.4 Å². The minimum absolute atomic E-state index is 0.221. The van der Waals surface area contributed by atoms with E-state index < -0.39 is 6.04 Å². The molecule has 2 aromatic heterocycles. The highest BCUT2D eigenvalue weighted by molar-refractivity contribution is 5.95. The Kier molecular flexibility index (Phi) is 4.13. The summed E-state index contributed by atoms with van der Waals surface area (Å²) in [6, 6.07) is 8.74. The summed E-state index contributed by atoms with van der Waals surface area (Å²) in [4.78, 5) is 12.9. The largest absolute Gasteiger partial charge is 0.309 e. The molecular weight excluding hydrogens is 294 g/mol. The molecule has 0 bridgehead atoms. The monoisotopic (exact) mass is 311 g/mol. The van der Waals surface area contributed by atoms with Crippen LogP contribution in [-0.4, -0.2) is 35.9 Å². The number of amides is 1. The summed E-state index contributed by atoms with van der Waals surface area (Å²) in [5.41, 5.74) is 1.71. The zero-order valence-corrected chi connectivity index (χ0v) is 12.9. The van der Waals surface area contributed by atoms with Gasteiger partial charge in [0, 0.05) is 12.1 Å². The molecule has 0 saturated carbocycles. The lowest BCUT2D eigenvalue weighted by molar-refractivity contribution is -0.118. The third-order valence-electron chi connectivity index (χ3n) is 3.56. The smallest absolute Gasteiger partial charge is 0.255 e. The van der Waals surface area contributed by atoms with Gasteiger partial charge in [-0.25, -0.2) is 9.36 Å². The number of nitrogens with one attached hydrogen (secondary N) is 1. The molecule has 1 amide bonds. The lowest BCUT2D eigenvalue weighted by atomic mass is 10.1. The van der Waals surface area contributed by atoms with Crippen LogP contribution in [0, 0.1) is 6.92 Å². The summed E-state index contributed by atoms with van der Waals surface area (Å²) in [6.45, 7) is 4.55. The fourth-order valence-corrected chi connectivity index (χ4v) is 2.41. The Hall–Kier alpha value is -3.03. The van der Waals surface area contributed by atoms with Crippen molar-refractivity contribution in [2.45, 2.75) is 26.4 Å². The molecule has 0 aliphatic rings. The third-order valence-corrected chi connectivity index (χ3v) is 3.56. The van der Waals surface area contributed by atoms with Gasteiger partial charge in [-0.3, -0.25) is 4.79 Å². The van der Waals surface area contributed by atoms with Crippen LogP contribution in [0.1, 0.15) is 24.1 Å². The van der Waals surface area contributed by atoms with Gasteiger partial charge in [-0.05, 0) is 29.8 Å². The Morgan fingerprint density at radius 2 is 2.09 bits per heavy atom. The first kappa shape index (κ1) is 14.9. The van der Waals surface area contributed by atoms with Crippen molar-refractivity contribution in [3.63, 3.8) is 0 Å². The molecule has 3 aromatic rings. The van der Waals surface area contributed by atoms with Gasteiger partial charge < -0.3 is 5.32 Å². The average Bonchev–Trinajstić information content (AvgIpc) is 3.20. The second kappa shape index (κ2) is 6.39. The van der Waals surface area contributed by atoms with Gasteiger partial charge in [0.15, 0.2) is 6.04 Å². The molecule has 1 unspecified atom stereocenters. The summed E-state index contributed by atoms with van der Waals surface area (Å²) in [7, 11) is 0. The molecule has 1 N–H and O–H groups in total. The summed E-state index contributed by atoms with van der Waals surface area (Å²) in [5.74, 6) is 0.466. The van der Waals surface area contributed by atoms with Crippen molar-refractivity contribution in [1.29, 1.82) is 0 Å². The molecule has 23 heavy (non-hydrogen) atoms. The number of tetrazole rings is 1. The fourth-order valence-electron chi connectivity index (χ4n) is 2.41. The molecule has 0 radical (unpaired) electrons. The van der Waals surface area contributed by atoms with E-state index in [9.17, 15) is 4.79 Å². The molecule has 0 aliphatic heterocycles. The van der Waals surface area contributed by atoms with Crippen molar-refractivity contribution >= 4 is 11.7 Å². The van der Waals surface area contributed by atoms with Crippen molar-refractivity contribution in [2.75, 3.05) is 5.32 Å². The first-order valence-corrected chi connectivity index (χ1v) is 7.31. The van der Waals surface area contributed by atoms with Crippen LogP contribution in [0.4, 0.5) is 5.82 Å². The minimum Gasteiger partial charge on any atom is -0.309 e. The van der Waals surface area contributed by atoms with Crippen molar-refractivity contribution in [3.05, 3.63) is 54.0 Å². The summed E-state index contributed by atoms with van der Waals surface area (Å²) < 4.78 is 3.18. The Balaban J connectivity index is 1.94. The van der Waals surface area contributed by atoms with Crippen molar-refractivity contribution in [2.24, 2.45) is 0 Å². The number of aryl methyl sites for hydroxylation is 2. The highest BCUT2D eigenvalue weighted by Gasteiger charge is 2.25. The van der Waals surface area contributed by atoms with Gasteiger partial charge in [-0.1, -0.05) is 30.3 Å². The molecule has 0 saturated heterocycles. The maximum absolute atomic E-state index is 12.9. The zero-order chi connectivity index (χ0) is 16.2. The molecule has 8 nitrogen and oxygen atoms in total. The number of hydrogen-bond donors (Lipinski definition) is 1. The first-order valence-electron chi connectivity index (χ1n) is 7.31. The standard InChI is InChI=1S/C15H17N7O/c1-3-21-14(11(2)9-17-21)18-15(23)13(22-10-16-19-20-22)12-7-5-4-6-8-12/h4-10,13H,3H2,1-2H3,(H,18,23). The van der Waals surface area contributed by atoms with Gasteiger partial charge in [0.05, 0.1) is 6.20 Å². The molecule has 1 atom stereocenters. The van der Waals surface area contributed by atoms with E-state index in [1.54, 1.807) is 10.9 Å². The predicted molar refractivity (Wildman–Crippen MR) is 83.7 cm³/mol. The summed E-state index contributed by atoms with van der Waals surface area (Å²) in [5, 5.41) is 18.3. The van der Waals surface area contributed by atoms with E-state index in [2.05, 4.69) is 25.9 Å². The van der Waals surface area contributed by atoms with Crippen LogP contribution in [-0.2, 0) is 11.3 Å². The quantitative estimate of drug-likeness (QED) is 0.769. The number of benzene rings is 1. The molecule has 3 rings (SSSR count). The maximum atomic E-state index is 12.9. The van der Waals surface area contributed by atoms with Crippen molar-refractivity contribution < 1.29 is 4.79 Å². The lowest BCUT2D eigenvalue weighted by Gasteiger charge is -2.17. The number of hydrogen-bond acceptors (Lipinski definition) is 5. The number of carbonyl (C=O) groups excluding carboxylic acids is 1. The van der Waals surface area contributed by atoms with Crippen LogP contribution in [0.5, 0.6) is 0 Å². The minimum atomic E-state index is -0.647. The molecule has 2 heterocycles. The number of aromatic nitrogens is 6. The van der Waals surface area contributed by atoms with Crippen LogP contribution >= 0.6 is 0 Å². The van der Waals surface area contributed by atoms with Crippen molar-refractivity contribution in [3.8, 4) is 0 Å². The SMILES string of the molecule is CCn1ncc(C)c1NC(=O)C(c1ccccc1)n1cnnn1. The lowest BCUT2D eigenvalue weighted by Crippen LogP contribution is -2.28. The van der Waals surface area contributed by atoms with E-state index in [1.165, 1.54) is 11.0 Å². The van der Waals surface area contributed by atoms with E-state index in [1.807, 2.05) is 44.2 Å². The second-order valence-corrected chi connectivity index (χ2v) is 5.08. The molecule has 8 heteroatoms. The molecular formula is C15H17N7O. The fraction of sp³-hybridized carbons (Fsp3) is 0.267. The van der Waals surface area contributed by atoms with Crippen LogP contribution in [0.3, 0.4) is 0 Å². The normalized spacial score (nSPS) is 12.1. The van der Waals surface area contributed by atoms with Gasteiger partial charge in [-0.2, -0.15) is 5.10 Å². The summed E-state index contributed by atoms with van der Waals surface area (Å²) >= 11 is 0. The highest BCUT2D eigenvalue weighted by Crippen LogP contribution is 2.21. The molecule has 0 aliphatic carbocycles. The molecule has 0 spiro atoms. The van der Waals surface area contributed by atoms with Crippen molar-refractivity contribution in [1.82, 2.24) is 30.0 Å². The maximum Gasteiger partial charge on any atom is 0.255 e. The van der Waals surface area contributed by atoms with Crippen LogP contribution in [0.25, 0.3) is 0 Å². The average molecular weight is 311 g/mol. The molecule has 118 valence electrons. The predicted octanol–water partition coefficient (Wildman–Crippen LogP) is 1.43. The van der Waals surface area contributed by atoms with E-state index >= 15 is 0 Å². The third kappa shape index (κ3) is 2.96. The first-order chi connectivity index (χ1) is 11.2. The highest BCUT2D eigenvalue weighted by atomic mass is 16.2. The van der Waals surface area contributed by atoms with E-state index in [-0.39, 0.29) is 5.91 Å². The Morgan fingerprint density at radius 1 is 1.30 bits per heavy atom. The summed E-state index contributed by atoms with van der Waals surface area (Å²) in [6.07, 6.45) is 3.16. The molecule has 0 fully saturated rings. The zero-order valence-electron chi connectivity index (χ0n) is 12.9. The van der Waals surface area contributed by atoms with Gasteiger partial charge >= 0.3 is 0 Å². The van der Waals surface area contributed by atoms with E-state index in [4.69, 9.17) is 0 Å². The number of rotatable bonds is 5. The molecule has 1 aromatic carbocycles. The van der Waals surface area contributed by atoms with Crippen LogP contribution < -0.4 is 5.32 Å². The number of anilines is 1. The van der Waals surface area contributed by atoms with Crippen LogP contribution in [0.15, 0.2) is 42.9 Å². The Morgan fingerprint density at radius 3 is 2.74 bits per heavy atom. The van der Waals surface area contributed by atoms with Gasteiger partial charge in [0.1, 0.15) is 12.1 Å². The Bertz CT molecular complexity index is 780. The van der Waals surface area contributed by atoms with Crippen LogP contribution in [0.2, 0.25) is 0 Å². The number of carbonyl (C=O) groups is 1.